The Balaban J connectivity index is 1.70. The number of aromatic nitrogens is 1. The van der Waals surface area contributed by atoms with Gasteiger partial charge in [-0.05, 0) is 42.7 Å². The van der Waals surface area contributed by atoms with E-state index >= 15 is 0 Å². The van der Waals surface area contributed by atoms with E-state index in [1.54, 1.807) is 0 Å². The first-order valence-electron chi connectivity index (χ1n) is 8.06. The van der Waals surface area contributed by atoms with Crippen LogP contribution in [0.4, 0.5) is 0 Å². The van der Waals surface area contributed by atoms with Crippen molar-refractivity contribution in [2.75, 3.05) is 0 Å². The van der Waals surface area contributed by atoms with E-state index in [1.807, 2.05) is 30.3 Å². The SMILES string of the molecule is CC1CCCC(NCc2cc3ccccc3[nH]c2=O)CC1. The van der Waals surface area contributed by atoms with Gasteiger partial charge in [0.1, 0.15) is 0 Å². The van der Waals surface area contributed by atoms with E-state index in [-0.39, 0.29) is 5.56 Å². The Morgan fingerprint density at radius 1 is 1.19 bits per heavy atom. The number of hydrogen-bond acceptors (Lipinski definition) is 2. The fraction of sp³-hybridized carbons (Fsp3) is 0.500. The van der Waals surface area contributed by atoms with Gasteiger partial charge in [0.25, 0.3) is 5.56 Å². The molecule has 1 aliphatic carbocycles. The lowest BCUT2D eigenvalue weighted by Crippen LogP contribution is -2.30. The Morgan fingerprint density at radius 3 is 2.95 bits per heavy atom. The molecule has 2 aromatic rings. The number of benzene rings is 1. The molecule has 1 saturated carbocycles. The molecule has 2 unspecified atom stereocenters. The molecule has 1 heterocycles. The Labute approximate surface area is 125 Å². The summed E-state index contributed by atoms with van der Waals surface area (Å²) in [6.45, 7) is 3.01. The van der Waals surface area contributed by atoms with Crippen LogP contribution in [0, 0.1) is 5.92 Å². The van der Waals surface area contributed by atoms with Crippen LogP contribution in [0.5, 0.6) is 0 Å². The fourth-order valence-electron chi connectivity index (χ4n) is 3.27. The molecule has 112 valence electrons. The molecule has 21 heavy (non-hydrogen) atoms. The lowest BCUT2D eigenvalue weighted by Gasteiger charge is -2.16. The molecule has 3 heteroatoms. The van der Waals surface area contributed by atoms with Gasteiger partial charge in [0.15, 0.2) is 0 Å². The molecule has 0 spiro atoms. The molecule has 1 aromatic carbocycles. The lowest BCUT2D eigenvalue weighted by molar-refractivity contribution is 0.446. The molecule has 1 fully saturated rings. The summed E-state index contributed by atoms with van der Waals surface area (Å²) in [4.78, 5) is 15.1. The van der Waals surface area contributed by atoms with E-state index in [9.17, 15) is 4.79 Å². The predicted octanol–water partition coefficient (Wildman–Crippen LogP) is 3.59. The minimum Gasteiger partial charge on any atom is -0.322 e. The third-order valence-electron chi connectivity index (χ3n) is 4.67. The highest BCUT2D eigenvalue weighted by atomic mass is 16.1. The molecule has 3 nitrogen and oxygen atoms in total. The van der Waals surface area contributed by atoms with Gasteiger partial charge in [0, 0.05) is 23.7 Å². The van der Waals surface area contributed by atoms with Crippen molar-refractivity contribution in [1.29, 1.82) is 0 Å². The highest BCUT2D eigenvalue weighted by molar-refractivity contribution is 5.78. The molecule has 0 bridgehead atoms. The first kappa shape index (κ1) is 14.3. The zero-order valence-electron chi connectivity index (χ0n) is 12.7. The van der Waals surface area contributed by atoms with Crippen LogP contribution in [0.2, 0.25) is 0 Å². The number of rotatable bonds is 3. The van der Waals surface area contributed by atoms with Crippen molar-refractivity contribution in [3.05, 3.63) is 46.2 Å². The van der Waals surface area contributed by atoms with Gasteiger partial charge in [-0.1, -0.05) is 38.0 Å². The summed E-state index contributed by atoms with van der Waals surface area (Å²) in [5.41, 5.74) is 1.78. The van der Waals surface area contributed by atoms with Gasteiger partial charge in [-0.2, -0.15) is 0 Å². The summed E-state index contributed by atoms with van der Waals surface area (Å²) in [5.74, 6) is 0.848. The molecular formula is C18H24N2O. The number of nitrogens with one attached hydrogen (secondary N) is 2. The minimum absolute atomic E-state index is 0.0307. The first-order valence-corrected chi connectivity index (χ1v) is 8.06. The van der Waals surface area contributed by atoms with E-state index in [0.29, 0.717) is 12.6 Å². The number of hydrogen-bond donors (Lipinski definition) is 2. The van der Waals surface area contributed by atoms with E-state index in [4.69, 9.17) is 0 Å². The monoisotopic (exact) mass is 284 g/mol. The van der Waals surface area contributed by atoms with E-state index < -0.39 is 0 Å². The number of H-pyrrole nitrogens is 1. The Kier molecular flexibility index (Phi) is 4.39. The Morgan fingerprint density at radius 2 is 2.05 bits per heavy atom. The molecule has 3 rings (SSSR count). The summed E-state index contributed by atoms with van der Waals surface area (Å²) in [7, 11) is 0. The second kappa shape index (κ2) is 6.44. The molecule has 1 aliphatic rings. The smallest absolute Gasteiger partial charge is 0.252 e. The van der Waals surface area contributed by atoms with Crippen LogP contribution in [0.15, 0.2) is 35.1 Å². The minimum atomic E-state index is 0.0307. The van der Waals surface area contributed by atoms with Gasteiger partial charge in [0.05, 0.1) is 0 Å². The third kappa shape index (κ3) is 3.53. The topological polar surface area (TPSA) is 44.9 Å². The standard InChI is InChI=1S/C18H24N2O/c1-13-5-4-7-16(10-9-13)19-12-15-11-14-6-2-3-8-17(14)20-18(15)21/h2-3,6,8,11,13,16,19H,4-5,7,9-10,12H2,1H3,(H,20,21). The molecule has 0 radical (unpaired) electrons. The van der Waals surface area contributed by atoms with Crippen molar-refractivity contribution >= 4 is 10.9 Å². The Bertz CT molecular complexity index is 662. The number of pyridine rings is 1. The van der Waals surface area contributed by atoms with Gasteiger partial charge in [-0.3, -0.25) is 4.79 Å². The quantitative estimate of drug-likeness (QED) is 0.846. The Hall–Kier alpha value is -1.61. The van der Waals surface area contributed by atoms with Gasteiger partial charge < -0.3 is 10.3 Å². The first-order chi connectivity index (χ1) is 10.2. The van der Waals surface area contributed by atoms with Crippen molar-refractivity contribution < 1.29 is 0 Å². The van der Waals surface area contributed by atoms with Crippen LogP contribution in [-0.4, -0.2) is 11.0 Å². The zero-order chi connectivity index (χ0) is 14.7. The second-order valence-corrected chi connectivity index (χ2v) is 6.40. The van der Waals surface area contributed by atoms with Crippen molar-refractivity contribution in [1.82, 2.24) is 10.3 Å². The molecular weight excluding hydrogens is 260 g/mol. The molecule has 1 aromatic heterocycles. The highest BCUT2D eigenvalue weighted by Crippen LogP contribution is 2.22. The van der Waals surface area contributed by atoms with Gasteiger partial charge in [-0.15, -0.1) is 0 Å². The van der Waals surface area contributed by atoms with Crippen molar-refractivity contribution in [3.8, 4) is 0 Å². The average molecular weight is 284 g/mol. The fourth-order valence-corrected chi connectivity index (χ4v) is 3.27. The van der Waals surface area contributed by atoms with Gasteiger partial charge in [-0.25, -0.2) is 0 Å². The molecule has 2 N–H and O–H groups in total. The van der Waals surface area contributed by atoms with Crippen LogP contribution >= 0.6 is 0 Å². The van der Waals surface area contributed by atoms with Crippen LogP contribution < -0.4 is 10.9 Å². The van der Waals surface area contributed by atoms with Crippen LogP contribution in [0.3, 0.4) is 0 Å². The molecule has 0 aliphatic heterocycles. The van der Waals surface area contributed by atoms with E-state index in [0.717, 1.165) is 22.4 Å². The molecule has 2 atom stereocenters. The molecule has 0 saturated heterocycles. The van der Waals surface area contributed by atoms with Crippen LogP contribution in [-0.2, 0) is 6.54 Å². The average Bonchev–Trinajstić information content (AvgIpc) is 2.69. The third-order valence-corrected chi connectivity index (χ3v) is 4.67. The largest absolute Gasteiger partial charge is 0.322 e. The van der Waals surface area contributed by atoms with Gasteiger partial charge in [0.2, 0.25) is 0 Å². The summed E-state index contributed by atoms with van der Waals surface area (Å²) >= 11 is 0. The van der Waals surface area contributed by atoms with E-state index in [2.05, 4.69) is 17.2 Å². The number of fused-ring (bicyclic) bond motifs is 1. The lowest BCUT2D eigenvalue weighted by atomic mass is 10.0. The second-order valence-electron chi connectivity index (χ2n) is 6.40. The summed E-state index contributed by atoms with van der Waals surface area (Å²) in [6.07, 6.45) is 6.40. The van der Waals surface area contributed by atoms with Gasteiger partial charge >= 0.3 is 0 Å². The van der Waals surface area contributed by atoms with E-state index in [1.165, 1.54) is 32.1 Å². The maximum atomic E-state index is 12.1. The summed E-state index contributed by atoms with van der Waals surface area (Å²) in [5, 5.41) is 4.68. The molecule has 0 amide bonds. The van der Waals surface area contributed by atoms with Crippen molar-refractivity contribution in [2.24, 2.45) is 5.92 Å². The number of para-hydroxylation sites is 1. The maximum Gasteiger partial charge on any atom is 0.252 e. The van der Waals surface area contributed by atoms with Crippen LogP contribution in [0.1, 0.15) is 44.6 Å². The number of aromatic amines is 1. The van der Waals surface area contributed by atoms with Crippen molar-refractivity contribution in [3.63, 3.8) is 0 Å². The summed E-state index contributed by atoms with van der Waals surface area (Å²) < 4.78 is 0. The summed E-state index contributed by atoms with van der Waals surface area (Å²) in [6, 6.07) is 10.5. The van der Waals surface area contributed by atoms with Crippen molar-refractivity contribution in [2.45, 2.75) is 51.6 Å². The predicted molar refractivity (Wildman–Crippen MR) is 87.4 cm³/mol. The normalized spacial score (nSPS) is 23.1. The maximum absolute atomic E-state index is 12.1. The highest BCUT2D eigenvalue weighted by Gasteiger charge is 2.16. The zero-order valence-corrected chi connectivity index (χ0v) is 12.7. The van der Waals surface area contributed by atoms with Crippen LogP contribution in [0.25, 0.3) is 10.9 Å².